The van der Waals surface area contributed by atoms with E-state index in [-0.39, 0.29) is 0 Å². The van der Waals surface area contributed by atoms with Gasteiger partial charge >= 0.3 is 0 Å². The Kier molecular flexibility index (Phi) is 2.60. The molecule has 0 atom stereocenters. The Hall–Kier alpha value is -0.890. The second-order valence-corrected chi connectivity index (χ2v) is 3.49. The summed E-state index contributed by atoms with van der Waals surface area (Å²) in [6.07, 6.45) is 5.14. The van der Waals surface area contributed by atoms with Crippen molar-refractivity contribution < 1.29 is 0 Å². The average molecular weight is 195 g/mol. The number of aromatic nitrogens is 1. The predicted molar refractivity (Wildman–Crippen MR) is 54.5 cm³/mol. The van der Waals surface area contributed by atoms with Crippen LogP contribution in [0.2, 0.25) is 5.15 Å². The summed E-state index contributed by atoms with van der Waals surface area (Å²) in [5.41, 5.74) is 2.12. The minimum Gasteiger partial charge on any atom is -0.289 e. The van der Waals surface area contributed by atoms with E-state index in [0.29, 0.717) is 5.15 Å². The van der Waals surface area contributed by atoms with Crippen molar-refractivity contribution in [3.8, 4) is 0 Å². The van der Waals surface area contributed by atoms with Crippen LogP contribution < -0.4 is 0 Å². The van der Waals surface area contributed by atoms with Crippen molar-refractivity contribution in [1.29, 1.82) is 0 Å². The Morgan fingerprint density at radius 2 is 2.23 bits per heavy atom. The SMILES string of the molecule is Clc1ncccc1C1=NCCCC1. The van der Waals surface area contributed by atoms with Crippen LogP contribution in [0.4, 0.5) is 0 Å². The quantitative estimate of drug-likeness (QED) is 0.631. The van der Waals surface area contributed by atoms with Crippen LogP contribution in [-0.4, -0.2) is 17.2 Å². The maximum Gasteiger partial charge on any atom is 0.138 e. The summed E-state index contributed by atoms with van der Waals surface area (Å²) in [6.45, 7) is 0.931. The van der Waals surface area contributed by atoms with Gasteiger partial charge in [-0.05, 0) is 31.4 Å². The first-order valence-corrected chi connectivity index (χ1v) is 4.90. The van der Waals surface area contributed by atoms with E-state index in [0.717, 1.165) is 24.2 Å². The van der Waals surface area contributed by atoms with Crippen molar-refractivity contribution >= 4 is 17.3 Å². The zero-order valence-corrected chi connectivity index (χ0v) is 8.09. The highest BCUT2D eigenvalue weighted by Gasteiger charge is 2.10. The van der Waals surface area contributed by atoms with Gasteiger partial charge in [0.2, 0.25) is 0 Å². The number of hydrogen-bond acceptors (Lipinski definition) is 2. The molecule has 0 saturated heterocycles. The zero-order chi connectivity index (χ0) is 9.10. The molecule has 1 aromatic heterocycles. The average Bonchev–Trinajstić information content (AvgIpc) is 2.20. The van der Waals surface area contributed by atoms with Crippen LogP contribution in [0.15, 0.2) is 23.3 Å². The molecule has 68 valence electrons. The van der Waals surface area contributed by atoms with Gasteiger partial charge in [-0.1, -0.05) is 11.6 Å². The molecule has 13 heavy (non-hydrogen) atoms. The largest absolute Gasteiger partial charge is 0.289 e. The lowest BCUT2D eigenvalue weighted by molar-refractivity contribution is 0.738. The molecule has 1 aliphatic heterocycles. The highest BCUT2D eigenvalue weighted by molar-refractivity contribution is 6.33. The summed E-state index contributed by atoms with van der Waals surface area (Å²) in [5, 5.41) is 0.572. The van der Waals surface area contributed by atoms with Crippen LogP contribution in [0.3, 0.4) is 0 Å². The molecule has 0 spiro atoms. The number of rotatable bonds is 1. The first kappa shape index (κ1) is 8.70. The number of halogens is 1. The van der Waals surface area contributed by atoms with E-state index in [1.54, 1.807) is 6.20 Å². The van der Waals surface area contributed by atoms with Gasteiger partial charge in [-0.15, -0.1) is 0 Å². The fourth-order valence-corrected chi connectivity index (χ4v) is 1.75. The molecule has 0 bridgehead atoms. The topological polar surface area (TPSA) is 25.2 Å². The molecule has 0 unspecified atom stereocenters. The van der Waals surface area contributed by atoms with Gasteiger partial charge in [-0.3, -0.25) is 4.99 Å². The first-order chi connectivity index (χ1) is 6.38. The molecule has 0 saturated carbocycles. The maximum atomic E-state index is 5.97. The van der Waals surface area contributed by atoms with E-state index < -0.39 is 0 Å². The van der Waals surface area contributed by atoms with Gasteiger partial charge in [0.1, 0.15) is 5.15 Å². The van der Waals surface area contributed by atoms with Crippen LogP contribution >= 0.6 is 11.6 Å². The fraction of sp³-hybridized carbons (Fsp3) is 0.400. The molecule has 2 rings (SSSR count). The van der Waals surface area contributed by atoms with Crippen molar-refractivity contribution in [2.45, 2.75) is 19.3 Å². The molecule has 0 radical (unpaired) electrons. The zero-order valence-electron chi connectivity index (χ0n) is 7.33. The molecule has 0 N–H and O–H groups in total. The third-order valence-corrected chi connectivity index (χ3v) is 2.50. The minimum absolute atomic E-state index is 0.572. The van der Waals surface area contributed by atoms with E-state index in [9.17, 15) is 0 Å². The van der Waals surface area contributed by atoms with E-state index in [1.807, 2.05) is 12.1 Å². The second kappa shape index (κ2) is 3.88. The molecule has 1 aliphatic rings. The minimum atomic E-state index is 0.572. The smallest absolute Gasteiger partial charge is 0.138 e. The normalized spacial score (nSPS) is 16.8. The van der Waals surface area contributed by atoms with E-state index >= 15 is 0 Å². The summed E-state index contributed by atoms with van der Waals surface area (Å²) in [7, 11) is 0. The van der Waals surface area contributed by atoms with E-state index in [2.05, 4.69) is 9.98 Å². The van der Waals surface area contributed by atoms with Gasteiger partial charge in [-0.2, -0.15) is 0 Å². The predicted octanol–water partition coefficient (Wildman–Crippen LogP) is 2.71. The second-order valence-electron chi connectivity index (χ2n) is 3.13. The Bertz CT molecular complexity index is 333. The van der Waals surface area contributed by atoms with Crippen LogP contribution in [0.25, 0.3) is 0 Å². The molecule has 3 heteroatoms. The summed E-state index contributed by atoms with van der Waals surface area (Å²) in [5.74, 6) is 0. The number of nitrogens with zero attached hydrogens (tertiary/aromatic N) is 2. The molecule has 1 aromatic rings. The van der Waals surface area contributed by atoms with Gasteiger partial charge in [0.25, 0.3) is 0 Å². The lowest BCUT2D eigenvalue weighted by atomic mass is 10.0. The van der Waals surface area contributed by atoms with Gasteiger partial charge in [-0.25, -0.2) is 4.98 Å². The van der Waals surface area contributed by atoms with Crippen molar-refractivity contribution in [2.75, 3.05) is 6.54 Å². The monoisotopic (exact) mass is 194 g/mol. The Morgan fingerprint density at radius 3 is 2.92 bits per heavy atom. The van der Waals surface area contributed by atoms with Gasteiger partial charge < -0.3 is 0 Å². The molecular formula is C10H11ClN2. The molecule has 2 nitrogen and oxygen atoms in total. The molecule has 0 aliphatic carbocycles. The summed E-state index contributed by atoms with van der Waals surface area (Å²) in [4.78, 5) is 8.49. The van der Waals surface area contributed by atoms with Crippen LogP contribution in [0.1, 0.15) is 24.8 Å². The molecule has 0 amide bonds. The molecular weight excluding hydrogens is 184 g/mol. The third-order valence-electron chi connectivity index (χ3n) is 2.19. The highest BCUT2D eigenvalue weighted by Crippen LogP contribution is 2.18. The van der Waals surface area contributed by atoms with Gasteiger partial charge in [0, 0.05) is 24.0 Å². The van der Waals surface area contributed by atoms with Gasteiger partial charge in [0.05, 0.1) is 0 Å². The number of aliphatic imine (C=N–C) groups is 1. The summed E-state index contributed by atoms with van der Waals surface area (Å²) in [6, 6.07) is 3.89. The Morgan fingerprint density at radius 1 is 1.31 bits per heavy atom. The van der Waals surface area contributed by atoms with Crippen molar-refractivity contribution in [1.82, 2.24) is 4.98 Å². The van der Waals surface area contributed by atoms with Crippen LogP contribution in [0, 0.1) is 0 Å². The summed E-state index contributed by atoms with van der Waals surface area (Å²) >= 11 is 5.97. The number of hydrogen-bond donors (Lipinski definition) is 0. The standard InChI is InChI=1S/C10H11ClN2/c11-10-8(4-3-7-13-10)9-5-1-2-6-12-9/h3-4,7H,1-2,5-6H2. The lowest BCUT2D eigenvalue weighted by Gasteiger charge is -2.12. The highest BCUT2D eigenvalue weighted by atomic mass is 35.5. The van der Waals surface area contributed by atoms with Gasteiger partial charge in [0.15, 0.2) is 0 Å². The number of pyridine rings is 1. The van der Waals surface area contributed by atoms with Crippen LogP contribution in [0.5, 0.6) is 0 Å². The van der Waals surface area contributed by atoms with Crippen LogP contribution in [-0.2, 0) is 0 Å². The molecule has 0 aromatic carbocycles. The van der Waals surface area contributed by atoms with Crippen molar-refractivity contribution in [3.63, 3.8) is 0 Å². The summed E-state index contributed by atoms with van der Waals surface area (Å²) < 4.78 is 0. The Labute approximate surface area is 82.7 Å². The molecule has 2 heterocycles. The fourth-order valence-electron chi connectivity index (χ4n) is 1.52. The van der Waals surface area contributed by atoms with Crippen molar-refractivity contribution in [3.05, 3.63) is 29.0 Å². The first-order valence-electron chi connectivity index (χ1n) is 4.52. The Balaban J connectivity index is 2.34. The van der Waals surface area contributed by atoms with E-state index in [1.165, 1.54) is 12.8 Å². The third kappa shape index (κ3) is 1.89. The lowest BCUT2D eigenvalue weighted by Crippen LogP contribution is -2.08. The molecule has 0 fully saturated rings. The maximum absolute atomic E-state index is 5.97. The van der Waals surface area contributed by atoms with Crippen molar-refractivity contribution in [2.24, 2.45) is 4.99 Å². The van der Waals surface area contributed by atoms with E-state index in [4.69, 9.17) is 11.6 Å².